The first kappa shape index (κ1) is 9.75. The third-order valence-corrected chi connectivity index (χ3v) is 2.75. The van der Waals surface area contributed by atoms with Crippen molar-refractivity contribution in [3.8, 4) is 0 Å². The molecular formula is C10H19NO. The summed E-state index contributed by atoms with van der Waals surface area (Å²) in [5, 5.41) is 9.58. The van der Waals surface area contributed by atoms with Gasteiger partial charge < -0.3 is 10.8 Å². The summed E-state index contributed by atoms with van der Waals surface area (Å²) in [6.07, 6.45) is 4.38. The van der Waals surface area contributed by atoms with Crippen molar-refractivity contribution in [2.45, 2.75) is 38.3 Å². The summed E-state index contributed by atoms with van der Waals surface area (Å²) in [7, 11) is 0. The van der Waals surface area contributed by atoms with Crippen molar-refractivity contribution < 1.29 is 5.11 Å². The summed E-state index contributed by atoms with van der Waals surface area (Å²) in [5.41, 5.74) is 5.96. The average molecular weight is 169 g/mol. The molecule has 0 aromatic carbocycles. The van der Waals surface area contributed by atoms with Gasteiger partial charge in [0.05, 0.1) is 6.10 Å². The van der Waals surface area contributed by atoms with Crippen molar-refractivity contribution in [3.63, 3.8) is 0 Å². The Kier molecular flexibility index (Phi) is 3.29. The maximum Gasteiger partial charge on any atom is 0.0549 e. The lowest BCUT2D eigenvalue weighted by molar-refractivity contribution is 0.137. The van der Waals surface area contributed by atoms with Crippen LogP contribution >= 0.6 is 0 Å². The lowest BCUT2D eigenvalue weighted by Gasteiger charge is -2.18. The minimum atomic E-state index is -0.184. The van der Waals surface area contributed by atoms with E-state index in [1.807, 2.05) is 6.08 Å². The molecule has 0 aromatic rings. The van der Waals surface area contributed by atoms with Crippen molar-refractivity contribution in [2.24, 2.45) is 17.6 Å². The normalized spacial score (nSPS) is 43.6. The Morgan fingerprint density at radius 3 is 2.67 bits per heavy atom. The molecule has 0 aromatic heterocycles. The summed E-state index contributed by atoms with van der Waals surface area (Å²) < 4.78 is 0. The zero-order valence-corrected chi connectivity index (χ0v) is 7.74. The summed E-state index contributed by atoms with van der Waals surface area (Å²) >= 11 is 0. The van der Waals surface area contributed by atoms with Gasteiger partial charge in [0.1, 0.15) is 0 Å². The van der Waals surface area contributed by atoms with E-state index in [9.17, 15) is 5.11 Å². The van der Waals surface area contributed by atoms with Gasteiger partial charge in [0.2, 0.25) is 0 Å². The Balaban J connectivity index is 2.60. The fourth-order valence-corrected chi connectivity index (χ4v) is 2.06. The standard InChI is InChI=1S/C10H19NO/c1-3-8-6-9(12)4-7(2)5-10(8)11/h3,7-10,12H,1,4-6,11H2,2H3/t7?,8?,9-,10?/m0/s1. The highest BCUT2D eigenvalue weighted by Crippen LogP contribution is 2.26. The second-order valence-electron chi connectivity index (χ2n) is 4.03. The molecule has 0 spiro atoms. The van der Waals surface area contributed by atoms with Gasteiger partial charge in [-0.3, -0.25) is 0 Å². The Morgan fingerprint density at radius 2 is 2.08 bits per heavy atom. The fraction of sp³-hybridized carbons (Fsp3) is 0.800. The fourth-order valence-electron chi connectivity index (χ4n) is 2.06. The Labute approximate surface area is 74.5 Å². The Morgan fingerprint density at radius 1 is 1.42 bits per heavy atom. The van der Waals surface area contributed by atoms with E-state index >= 15 is 0 Å². The van der Waals surface area contributed by atoms with Gasteiger partial charge >= 0.3 is 0 Å². The second kappa shape index (κ2) is 4.06. The highest BCUT2D eigenvalue weighted by Gasteiger charge is 2.25. The van der Waals surface area contributed by atoms with E-state index in [0.29, 0.717) is 11.8 Å². The van der Waals surface area contributed by atoms with E-state index in [4.69, 9.17) is 5.73 Å². The number of aliphatic hydroxyl groups is 1. The van der Waals surface area contributed by atoms with Crippen LogP contribution in [-0.4, -0.2) is 17.3 Å². The first-order valence-corrected chi connectivity index (χ1v) is 4.69. The SMILES string of the molecule is C=CC1C[C@@H](O)CC(C)CC1N. The van der Waals surface area contributed by atoms with E-state index in [-0.39, 0.29) is 12.1 Å². The predicted molar refractivity (Wildman–Crippen MR) is 50.7 cm³/mol. The van der Waals surface area contributed by atoms with Crippen LogP contribution in [0.15, 0.2) is 12.7 Å². The molecule has 2 heteroatoms. The zero-order valence-electron chi connectivity index (χ0n) is 7.74. The van der Waals surface area contributed by atoms with Crippen LogP contribution in [0, 0.1) is 11.8 Å². The molecule has 0 bridgehead atoms. The van der Waals surface area contributed by atoms with E-state index < -0.39 is 0 Å². The van der Waals surface area contributed by atoms with Crippen LogP contribution in [0.4, 0.5) is 0 Å². The average Bonchev–Trinajstić information content (AvgIpc) is 2.09. The third kappa shape index (κ3) is 2.32. The van der Waals surface area contributed by atoms with E-state index in [0.717, 1.165) is 19.3 Å². The molecule has 1 rings (SSSR count). The molecule has 3 N–H and O–H groups in total. The van der Waals surface area contributed by atoms with Crippen LogP contribution in [0.5, 0.6) is 0 Å². The minimum Gasteiger partial charge on any atom is -0.393 e. The zero-order chi connectivity index (χ0) is 9.14. The van der Waals surface area contributed by atoms with Crippen molar-refractivity contribution >= 4 is 0 Å². The predicted octanol–water partition coefficient (Wildman–Crippen LogP) is 1.30. The summed E-state index contributed by atoms with van der Waals surface area (Å²) in [5.74, 6) is 0.838. The molecule has 0 saturated heterocycles. The maximum absolute atomic E-state index is 9.58. The summed E-state index contributed by atoms with van der Waals surface area (Å²) in [6, 6.07) is 0.189. The first-order chi connectivity index (χ1) is 5.63. The van der Waals surface area contributed by atoms with Gasteiger partial charge in [-0.1, -0.05) is 13.0 Å². The number of aliphatic hydroxyl groups excluding tert-OH is 1. The minimum absolute atomic E-state index is 0.184. The first-order valence-electron chi connectivity index (χ1n) is 4.69. The molecule has 1 saturated carbocycles. The van der Waals surface area contributed by atoms with Gasteiger partial charge in [-0.2, -0.15) is 0 Å². The van der Waals surface area contributed by atoms with Gasteiger partial charge in [-0.25, -0.2) is 0 Å². The van der Waals surface area contributed by atoms with E-state index in [1.54, 1.807) is 0 Å². The smallest absolute Gasteiger partial charge is 0.0549 e. The van der Waals surface area contributed by atoms with Crippen LogP contribution in [0.3, 0.4) is 0 Å². The van der Waals surface area contributed by atoms with E-state index in [1.165, 1.54) is 0 Å². The molecule has 0 amide bonds. The monoisotopic (exact) mass is 169 g/mol. The number of nitrogens with two attached hydrogens (primary N) is 1. The van der Waals surface area contributed by atoms with Crippen LogP contribution in [-0.2, 0) is 0 Å². The van der Waals surface area contributed by atoms with Crippen LogP contribution < -0.4 is 5.73 Å². The molecule has 1 fully saturated rings. The van der Waals surface area contributed by atoms with Crippen LogP contribution in [0.1, 0.15) is 26.2 Å². The largest absolute Gasteiger partial charge is 0.393 e. The van der Waals surface area contributed by atoms with Gasteiger partial charge in [0.15, 0.2) is 0 Å². The molecular weight excluding hydrogens is 150 g/mol. The van der Waals surface area contributed by atoms with Gasteiger partial charge in [-0.15, -0.1) is 6.58 Å². The van der Waals surface area contributed by atoms with Crippen molar-refractivity contribution in [3.05, 3.63) is 12.7 Å². The molecule has 0 heterocycles. The number of rotatable bonds is 1. The number of hydrogen-bond donors (Lipinski definition) is 2. The lowest BCUT2D eigenvalue weighted by atomic mass is 9.94. The van der Waals surface area contributed by atoms with Gasteiger partial charge in [0, 0.05) is 6.04 Å². The topological polar surface area (TPSA) is 46.2 Å². The maximum atomic E-state index is 9.58. The molecule has 70 valence electrons. The molecule has 12 heavy (non-hydrogen) atoms. The highest BCUT2D eigenvalue weighted by atomic mass is 16.3. The Bertz CT molecular complexity index is 158. The molecule has 1 aliphatic carbocycles. The molecule has 3 unspecified atom stereocenters. The van der Waals surface area contributed by atoms with Gasteiger partial charge in [0.25, 0.3) is 0 Å². The van der Waals surface area contributed by atoms with Gasteiger partial charge in [-0.05, 0) is 31.1 Å². The quantitative estimate of drug-likeness (QED) is 0.459. The third-order valence-electron chi connectivity index (χ3n) is 2.75. The second-order valence-corrected chi connectivity index (χ2v) is 4.03. The van der Waals surface area contributed by atoms with Crippen LogP contribution in [0.2, 0.25) is 0 Å². The molecule has 2 nitrogen and oxygen atoms in total. The number of hydrogen-bond acceptors (Lipinski definition) is 2. The molecule has 4 atom stereocenters. The molecule has 0 radical (unpaired) electrons. The lowest BCUT2D eigenvalue weighted by Crippen LogP contribution is -2.29. The van der Waals surface area contributed by atoms with E-state index in [2.05, 4.69) is 13.5 Å². The Hall–Kier alpha value is -0.340. The summed E-state index contributed by atoms with van der Waals surface area (Å²) in [4.78, 5) is 0. The molecule has 1 aliphatic rings. The van der Waals surface area contributed by atoms with Crippen molar-refractivity contribution in [1.29, 1.82) is 0 Å². The van der Waals surface area contributed by atoms with Crippen molar-refractivity contribution in [1.82, 2.24) is 0 Å². The van der Waals surface area contributed by atoms with Crippen molar-refractivity contribution in [2.75, 3.05) is 0 Å². The summed E-state index contributed by atoms with van der Waals surface area (Å²) in [6.45, 7) is 5.89. The highest BCUT2D eigenvalue weighted by molar-refractivity contribution is 4.92. The molecule has 0 aliphatic heterocycles. The van der Waals surface area contributed by atoms with Crippen LogP contribution in [0.25, 0.3) is 0 Å².